The van der Waals surface area contributed by atoms with Gasteiger partial charge in [-0.15, -0.1) is 0 Å². The van der Waals surface area contributed by atoms with E-state index in [1.165, 1.54) is 0 Å². The molecule has 0 bridgehead atoms. The van der Waals surface area contributed by atoms with Gasteiger partial charge in [0.2, 0.25) is 11.8 Å². The van der Waals surface area contributed by atoms with E-state index in [-0.39, 0.29) is 35.7 Å². The van der Waals surface area contributed by atoms with Crippen LogP contribution in [0.2, 0.25) is 0 Å². The molecule has 2 aromatic heterocycles. The monoisotopic (exact) mass is 386 g/mol. The third kappa shape index (κ3) is 4.26. The molecular weight excluding hydrogens is 356 g/mol. The number of hydrogen-bond donors (Lipinski definition) is 1. The van der Waals surface area contributed by atoms with E-state index < -0.39 is 5.92 Å². The van der Waals surface area contributed by atoms with Crippen molar-refractivity contribution in [2.75, 3.05) is 6.54 Å². The Bertz CT molecular complexity index is 820. The fraction of sp³-hybridized carbons (Fsp3) is 0.600. The molecule has 152 valence electrons. The highest BCUT2D eigenvalue weighted by molar-refractivity contribution is 5.90. The zero-order chi connectivity index (χ0) is 20.5. The van der Waals surface area contributed by atoms with E-state index in [1.54, 1.807) is 17.1 Å². The average molecular weight is 387 g/mol. The Labute approximate surface area is 165 Å². The topological polar surface area (TPSA) is 85.0 Å². The number of nitrogens with zero attached hydrogens (tertiary/aromatic N) is 5. The van der Waals surface area contributed by atoms with Crippen molar-refractivity contribution in [3.8, 4) is 0 Å². The second-order valence-corrected chi connectivity index (χ2v) is 8.72. The van der Waals surface area contributed by atoms with Crippen molar-refractivity contribution in [1.82, 2.24) is 29.8 Å². The number of nitrogens with one attached hydrogen (secondary N) is 1. The van der Waals surface area contributed by atoms with E-state index in [1.807, 2.05) is 55.9 Å². The van der Waals surface area contributed by atoms with Crippen molar-refractivity contribution < 1.29 is 9.59 Å². The molecule has 1 saturated heterocycles. The molecule has 0 radical (unpaired) electrons. The molecule has 0 spiro atoms. The summed E-state index contributed by atoms with van der Waals surface area (Å²) in [5, 5.41) is 11.5. The molecule has 2 amide bonds. The second-order valence-electron chi connectivity index (χ2n) is 8.72. The molecule has 2 aromatic rings. The first-order valence-corrected chi connectivity index (χ1v) is 9.72. The lowest BCUT2D eigenvalue weighted by atomic mass is 9.92. The Hall–Kier alpha value is -2.64. The lowest BCUT2D eigenvalue weighted by Crippen LogP contribution is -2.45. The van der Waals surface area contributed by atoms with E-state index in [4.69, 9.17) is 0 Å². The van der Waals surface area contributed by atoms with Gasteiger partial charge >= 0.3 is 0 Å². The fourth-order valence-corrected chi connectivity index (χ4v) is 3.93. The first kappa shape index (κ1) is 20.1. The van der Waals surface area contributed by atoms with Gasteiger partial charge in [0.25, 0.3) is 0 Å². The summed E-state index contributed by atoms with van der Waals surface area (Å²) in [5.74, 6) is -0.267. The molecule has 8 heteroatoms. The summed E-state index contributed by atoms with van der Waals surface area (Å²) in [6.07, 6.45) is 7.52. The summed E-state index contributed by atoms with van der Waals surface area (Å²) in [6, 6.07) is 1.58. The number of amides is 2. The molecule has 1 aliphatic heterocycles. The van der Waals surface area contributed by atoms with Crippen molar-refractivity contribution in [1.29, 1.82) is 0 Å². The smallest absolute Gasteiger partial charge is 0.226 e. The van der Waals surface area contributed by atoms with Crippen LogP contribution in [0.15, 0.2) is 30.9 Å². The van der Waals surface area contributed by atoms with E-state index in [0.29, 0.717) is 6.54 Å². The normalized spacial score (nSPS) is 21.2. The minimum Gasteiger partial charge on any atom is -0.355 e. The van der Waals surface area contributed by atoms with Crippen LogP contribution < -0.4 is 5.32 Å². The lowest BCUT2D eigenvalue weighted by Gasteiger charge is -2.38. The molecule has 0 aromatic carbocycles. The van der Waals surface area contributed by atoms with Crippen molar-refractivity contribution >= 4 is 11.8 Å². The van der Waals surface area contributed by atoms with Crippen LogP contribution in [-0.4, -0.2) is 48.4 Å². The minimum atomic E-state index is -0.423. The second kappa shape index (κ2) is 7.77. The van der Waals surface area contributed by atoms with Gasteiger partial charge in [0.1, 0.15) is 0 Å². The highest BCUT2D eigenvalue weighted by Gasteiger charge is 2.48. The maximum atomic E-state index is 13.0. The van der Waals surface area contributed by atoms with Crippen LogP contribution in [0.3, 0.4) is 0 Å². The molecule has 8 nitrogen and oxygen atoms in total. The highest BCUT2D eigenvalue weighted by atomic mass is 16.2. The van der Waals surface area contributed by atoms with Gasteiger partial charge in [-0.05, 0) is 32.8 Å². The zero-order valence-corrected chi connectivity index (χ0v) is 17.3. The zero-order valence-electron chi connectivity index (χ0n) is 17.3. The standard InChI is InChI=1S/C20H30N6O2/c1-14(12-25-8-6-7-22-25)10-21-19(28)16-9-17(27)26(20(2,3)4)18(16)15-11-23-24(5)13-15/h6-8,11,13-14,16,18H,9-10,12H2,1-5H3,(H,21,28)/t14-,16+,18-/m1/s1. The first-order chi connectivity index (χ1) is 13.2. The number of aromatic nitrogens is 4. The number of rotatable bonds is 6. The Balaban J connectivity index is 1.73. The van der Waals surface area contributed by atoms with E-state index in [9.17, 15) is 9.59 Å². The third-order valence-electron chi connectivity index (χ3n) is 5.13. The molecule has 1 N–H and O–H groups in total. The Morgan fingerprint density at radius 3 is 2.68 bits per heavy atom. The van der Waals surface area contributed by atoms with Crippen LogP contribution in [0, 0.1) is 11.8 Å². The summed E-state index contributed by atoms with van der Waals surface area (Å²) in [4.78, 5) is 27.6. The summed E-state index contributed by atoms with van der Waals surface area (Å²) in [7, 11) is 1.84. The first-order valence-electron chi connectivity index (χ1n) is 9.72. The number of aryl methyl sites for hydroxylation is 1. The number of carbonyl (C=O) groups excluding carboxylic acids is 2. The Kier molecular flexibility index (Phi) is 5.58. The Morgan fingerprint density at radius 1 is 1.36 bits per heavy atom. The quantitative estimate of drug-likeness (QED) is 0.820. The van der Waals surface area contributed by atoms with Gasteiger partial charge in [-0.2, -0.15) is 10.2 Å². The molecule has 1 aliphatic rings. The molecular formula is C20H30N6O2. The molecule has 28 heavy (non-hydrogen) atoms. The van der Waals surface area contributed by atoms with E-state index in [0.717, 1.165) is 12.1 Å². The minimum absolute atomic E-state index is 0.00564. The maximum absolute atomic E-state index is 13.0. The summed E-state index contributed by atoms with van der Waals surface area (Å²) in [5.41, 5.74) is 0.521. The molecule has 1 fully saturated rings. The van der Waals surface area contributed by atoms with Gasteiger partial charge in [-0.1, -0.05) is 6.92 Å². The number of hydrogen-bond acceptors (Lipinski definition) is 4. The van der Waals surface area contributed by atoms with Gasteiger partial charge in [0, 0.05) is 56.3 Å². The number of carbonyl (C=O) groups is 2. The third-order valence-corrected chi connectivity index (χ3v) is 5.13. The van der Waals surface area contributed by atoms with Gasteiger partial charge < -0.3 is 10.2 Å². The fourth-order valence-electron chi connectivity index (χ4n) is 3.93. The highest BCUT2D eigenvalue weighted by Crippen LogP contribution is 2.42. The van der Waals surface area contributed by atoms with E-state index >= 15 is 0 Å². The SMILES string of the molecule is C[C@H](CNC(=O)[C@H]1CC(=O)N(C(C)(C)C)[C@@H]1c1cnn(C)c1)Cn1cccn1. The van der Waals surface area contributed by atoms with Gasteiger partial charge in [-0.25, -0.2) is 0 Å². The van der Waals surface area contributed by atoms with Gasteiger partial charge in [0.15, 0.2) is 0 Å². The van der Waals surface area contributed by atoms with Crippen molar-refractivity contribution in [3.05, 3.63) is 36.4 Å². The van der Waals surface area contributed by atoms with Crippen LogP contribution in [0.25, 0.3) is 0 Å². The summed E-state index contributed by atoms with van der Waals surface area (Å²) >= 11 is 0. The van der Waals surface area contributed by atoms with Crippen molar-refractivity contribution in [2.24, 2.45) is 18.9 Å². The molecule has 3 rings (SSSR count). The lowest BCUT2D eigenvalue weighted by molar-refractivity contribution is -0.133. The van der Waals surface area contributed by atoms with Crippen LogP contribution in [-0.2, 0) is 23.2 Å². The average Bonchev–Trinajstić information content (AvgIpc) is 3.32. The molecule has 3 atom stereocenters. The summed E-state index contributed by atoms with van der Waals surface area (Å²) in [6.45, 7) is 9.35. The van der Waals surface area contributed by atoms with Crippen LogP contribution in [0.5, 0.6) is 0 Å². The van der Waals surface area contributed by atoms with Gasteiger partial charge in [0.05, 0.1) is 18.2 Å². The molecule has 0 aliphatic carbocycles. The van der Waals surface area contributed by atoms with Crippen LogP contribution in [0.1, 0.15) is 45.7 Å². The Morgan fingerprint density at radius 2 is 2.11 bits per heavy atom. The van der Waals surface area contributed by atoms with Crippen LogP contribution in [0.4, 0.5) is 0 Å². The number of likely N-dealkylation sites (tertiary alicyclic amines) is 1. The van der Waals surface area contributed by atoms with Crippen molar-refractivity contribution in [3.63, 3.8) is 0 Å². The molecule has 0 unspecified atom stereocenters. The predicted octanol–water partition coefficient (Wildman–Crippen LogP) is 1.76. The van der Waals surface area contributed by atoms with Crippen molar-refractivity contribution in [2.45, 2.75) is 52.2 Å². The molecule has 0 saturated carbocycles. The van der Waals surface area contributed by atoms with E-state index in [2.05, 4.69) is 22.4 Å². The van der Waals surface area contributed by atoms with Gasteiger partial charge in [-0.3, -0.25) is 19.0 Å². The summed E-state index contributed by atoms with van der Waals surface area (Å²) < 4.78 is 3.57. The predicted molar refractivity (Wildman–Crippen MR) is 105 cm³/mol. The largest absolute Gasteiger partial charge is 0.355 e. The molecule has 3 heterocycles. The maximum Gasteiger partial charge on any atom is 0.226 e. The van der Waals surface area contributed by atoms with Crippen LogP contribution >= 0.6 is 0 Å².